The minimum Gasteiger partial charge on any atom is -0.447 e. The number of carbonyl (C=O) groups excluding carboxylic acids is 1. The lowest BCUT2D eigenvalue weighted by Crippen LogP contribution is -3.20. The van der Waals surface area contributed by atoms with Crippen LogP contribution >= 0.6 is 0 Å². The third-order valence-electron chi connectivity index (χ3n) is 7.20. The molecule has 2 bridgehead atoms. The summed E-state index contributed by atoms with van der Waals surface area (Å²) >= 11 is 0. The van der Waals surface area contributed by atoms with Gasteiger partial charge in [-0.15, -0.1) is 6.58 Å². The van der Waals surface area contributed by atoms with Crippen molar-refractivity contribution in [1.82, 2.24) is 4.98 Å². The number of para-hydroxylation sites is 1. The highest BCUT2D eigenvalue weighted by Crippen LogP contribution is 2.36. The molecule has 1 unspecified atom stereocenters. The number of nitrogens with zero attached hydrogens (tertiary/aromatic N) is 1. The fourth-order valence-corrected chi connectivity index (χ4v) is 5.49. The van der Waals surface area contributed by atoms with Crippen molar-refractivity contribution in [3.8, 4) is 0 Å². The van der Waals surface area contributed by atoms with Crippen molar-refractivity contribution in [2.24, 2.45) is 11.8 Å². The number of quaternary nitrogens is 1. The Morgan fingerprint density at radius 3 is 2.74 bits per heavy atom. The molecule has 1 N–H and O–H groups in total. The number of pyridine rings is 1. The molecule has 6 rings (SSSR count). The largest absolute Gasteiger partial charge is 0.447 e. The van der Waals surface area contributed by atoms with Crippen molar-refractivity contribution in [3.05, 3.63) is 90.1 Å². The number of ether oxygens (including phenoxy) is 1. The number of aryl methyl sites for hydroxylation is 1. The highest BCUT2D eigenvalue weighted by molar-refractivity contribution is 5.90. The van der Waals surface area contributed by atoms with Gasteiger partial charge >= 0.3 is 5.97 Å². The molecule has 3 fully saturated rings. The van der Waals surface area contributed by atoms with Gasteiger partial charge in [0, 0.05) is 35.9 Å². The lowest BCUT2D eigenvalue weighted by molar-refractivity contribution is -0.949. The van der Waals surface area contributed by atoms with Gasteiger partial charge in [-0.05, 0) is 37.1 Å². The second-order valence-corrected chi connectivity index (χ2v) is 9.01. The van der Waals surface area contributed by atoms with E-state index in [2.05, 4.69) is 23.7 Å². The summed E-state index contributed by atoms with van der Waals surface area (Å²) in [6, 6.07) is 18.0. The first kappa shape index (κ1) is 20.0. The van der Waals surface area contributed by atoms with E-state index in [4.69, 9.17) is 4.74 Å². The molecular formula is C27H29N2O2+. The molecule has 158 valence electrons. The third-order valence-corrected chi connectivity index (χ3v) is 7.20. The smallest absolute Gasteiger partial charge is 0.338 e. The van der Waals surface area contributed by atoms with Gasteiger partial charge in [-0.25, -0.2) is 4.79 Å². The fourth-order valence-electron chi connectivity index (χ4n) is 5.49. The SMILES string of the molecule is C=C[C@H]1C[NH+]2CC[C@H]1C[C@@H]2[C@@H](OC(=O)c1ccc(C)cc1)c1ccnc2ccccc12. The summed E-state index contributed by atoms with van der Waals surface area (Å²) < 4.78 is 6.32. The maximum Gasteiger partial charge on any atom is 0.338 e. The van der Waals surface area contributed by atoms with Crippen LogP contribution in [0.4, 0.5) is 0 Å². The van der Waals surface area contributed by atoms with Crippen LogP contribution in [0.25, 0.3) is 10.9 Å². The average Bonchev–Trinajstić information content (AvgIpc) is 2.82. The third kappa shape index (κ3) is 3.77. The van der Waals surface area contributed by atoms with Crippen LogP contribution in [-0.4, -0.2) is 30.1 Å². The van der Waals surface area contributed by atoms with Crippen molar-refractivity contribution in [2.75, 3.05) is 13.1 Å². The van der Waals surface area contributed by atoms with Crippen molar-refractivity contribution >= 4 is 16.9 Å². The van der Waals surface area contributed by atoms with Gasteiger partial charge in [0.15, 0.2) is 6.10 Å². The number of carbonyl (C=O) groups is 1. The van der Waals surface area contributed by atoms with E-state index in [0.717, 1.165) is 41.5 Å². The molecule has 3 aliphatic heterocycles. The second kappa shape index (κ2) is 8.27. The summed E-state index contributed by atoms with van der Waals surface area (Å²) in [5, 5.41) is 1.06. The fraction of sp³-hybridized carbons (Fsp3) is 0.333. The molecule has 4 heteroatoms. The molecule has 3 saturated heterocycles. The summed E-state index contributed by atoms with van der Waals surface area (Å²) in [6.45, 7) is 8.28. The lowest BCUT2D eigenvalue weighted by atomic mass is 9.73. The monoisotopic (exact) mass is 413 g/mol. The summed E-state index contributed by atoms with van der Waals surface area (Å²) in [7, 11) is 0. The van der Waals surface area contributed by atoms with Crippen LogP contribution in [0.5, 0.6) is 0 Å². The van der Waals surface area contributed by atoms with Gasteiger partial charge < -0.3 is 9.64 Å². The number of nitrogens with one attached hydrogen (secondary N) is 1. The summed E-state index contributed by atoms with van der Waals surface area (Å²) in [5.74, 6) is 0.921. The van der Waals surface area contributed by atoms with E-state index in [1.807, 2.05) is 61.7 Å². The first-order chi connectivity index (χ1) is 15.1. The van der Waals surface area contributed by atoms with Crippen LogP contribution in [0.2, 0.25) is 0 Å². The first-order valence-electron chi connectivity index (χ1n) is 11.2. The van der Waals surface area contributed by atoms with Gasteiger partial charge in [-0.2, -0.15) is 0 Å². The highest BCUT2D eigenvalue weighted by atomic mass is 16.5. The van der Waals surface area contributed by atoms with Crippen molar-refractivity contribution in [2.45, 2.75) is 31.9 Å². The van der Waals surface area contributed by atoms with Gasteiger partial charge in [0.25, 0.3) is 0 Å². The molecule has 4 nitrogen and oxygen atoms in total. The Kier molecular flexibility index (Phi) is 5.33. The molecular weight excluding hydrogens is 384 g/mol. The zero-order valence-electron chi connectivity index (χ0n) is 18.0. The molecule has 0 spiro atoms. The molecule has 31 heavy (non-hydrogen) atoms. The number of rotatable bonds is 5. The van der Waals surface area contributed by atoms with E-state index in [1.54, 1.807) is 0 Å². The van der Waals surface area contributed by atoms with E-state index in [9.17, 15) is 4.79 Å². The van der Waals surface area contributed by atoms with E-state index in [0.29, 0.717) is 17.4 Å². The highest BCUT2D eigenvalue weighted by Gasteiger charge is 2.47. The molecule has 2 aromatic carbocycles. The van der Waals surface area contributed by atoms with Gasteiger partial charge in [-0.1, -0.05) is 42.0 Å². The summed E-state index contributed by atoms with van der Waals surface area (Å²) in [5.41, 5.74) is 3.73. The molecule has 4 heterocycles. The molecule has 0 radical (unpaired) electrons. The molecule has 0 aliphatic carbocycles. The normalized spacial score (nSPS) is 25.8. The van der Waals surface area contributed by atoms with E-state index in [-0.39, 0.29) is 18.1 Å². The molecule has 3 aromatic rings. The maximum absolute atomic E-state index is 13.2. The lowest BCUT2D eigenvalue weighted by Gasteiger charge is -2.48. The molecule has 3 aliphatic rings. The Bertz CT molecular complexity index is 1100. The molecule has 0 amide bonds. The van der Waals surface area contributed by atoms with Gasteiger partial charge in [0.1, 0.15) is 6.04 Å². The van der Waals surface area contributed by atoms with Gasteiger partial charge in [-0.3, -0.25) is 4.98 Å². The van der Waals surface area contributed by atoms with Crippen molar-refractivity contribution in [3.63, 3.8) is 0 Å². The Labute approximate surface area is 183 Å². The predicted octanol–water partition coefficient (Wildman–Crippen LogP) is 3.92. The molecule has 5 atom stereocenters. The van der Waals surface area contributed by atoms with Crippen LogP contribution in [-0.2, 0) is 4.74 Å². The Hall–Kier alpha value is -2.98. The summed E-state index contributed by atoms with van der Waals surface area (Å²) in [4.78, 5) is 19.2. The zero-order valence-corrected chi connectivity index (χ0v) is 18.0. The van der Waals surface area contributed by atoms with E-state index >= 15 is 0 Å². The number of benzene rings is 2. The van der Waals surface area contributed by atoms with E-state index in [1.165, 1.54) is 11.3 Å². The Morgan fingerprint density at radius 2 is 2.00 bits per heavy atom. The number of esters is 1. The number of piperidine rings is 3. The predicted molar refractivity (Wildman–Crippen MR) is 122 cm³/mol. The minimum atomic E-state index is -0.301. The minimum absolute atomic E-state index is 0.246. The van der Waals surface area contributed by atoms with Crippen LogP contribution in [0.15, 0.2) is 73.4 Å². The Morgan fingerprint density at radius 1 is 1.19 bits per heavy atom. The van der Waals surface area contributed by atoms with Crippen LogP contribution in [0.1, 0.15) is 40.4 Å². The van der Waals surface area contributed by atoms with Crippen molar-refractivity contribution < 1.29 is 14.4 Å². The van der Waals surface area contributed by atoms with Crippen molar-refractivity contribution in [1.29, 1.82) is 0 Å². The first-order valence-corrected chi connectivity index (χ1v) is 11.2. The standard InChI is InChI=1S/C27H28N2O2/c1-3-19-17-29-15-13-21(19)16-25(29)26(31-27(30)20-10-8-18(2)9-11-20)23-12-14-28-24-7-5-4-6-22(23)24/h3-12,14,19,21,25-26H,1,13,15-17H2,2H3/p+1/t19-,21-,25+,26-/m0/s1. The molecule has 1 aromatic heterocycles. The average molecular weight is 414 g/mol. The van der Waals surface area contributed by atoms with Crippen LogP contribution in [0, 0.1) is 18.8 Å². The molecule has 0 saturated carbocycles. The van der Waals surface area contributed by atoms with Crippen LogP contribution < -0.4 is 4.90 Å². The maximum atomic E-state index is 13.2. The summed E-state index contributed by atoms with van der Waals surface area (Å²) in [6.07, 6.45) is 5.93. The number of hydrogen-bond donors (Lipinski definition) is 1. The van der Waals surface area contributed by atoms with Gasteiger partial charge in [0.05, 0.1) is 24.2 Å². The topological polar surface area (TPSA) is 43.6 Å². The second-order valence-electron chi connectivity index (χ2n) is 9.01. The van der Waals surface area contributed by atoms with Gasteiger partial charge in [0.2, 0.25) is 0 Å². The Balaban J connectivity index is 1.53. The van der Waals surface area contributed by atoms with Crippen LogP contribution in [0.3, 0.4) is 0 Å². The quantitative estimate of drug-likeness (QED) is 0.509. The van der Waals surface area contributed by atoms with E-state index < -0.39 is 0 Å². The number of fused-ring (bicyclic) bond motifs is 4. The zero-order chi connectivity index (χ0) is 21.4. The number of aromatic nitrogens is 1. The number of hydrogen-bond acceptors (Lipinski definition) is 3.